The molecule has 0 aliphatic carbocycles. The first kappa shape index (κ1) is 11.8. The Hall–Kier alpha value is -2.70. The number of aromatic nitrogens is 2. The van der Waals surface area contributed by atoms with Crippen molar-refractivity contribution in [1.82, 2.24) is 10.2 Å². The van der Waals surface area contributed by atoms with E-state index in [4.69, 9.17) is 0 Å². The number of anilines is 1. The number of nitro benzene ring substituents is 1. The van der Waals surface area contributed by atoms with Gasteiger partial charge in [-0.05, 0) is 12.5 Å². The Labute approximate surface area is 102 Å². The first-order valence-corrected chi connectivity index (χ1v) is 5.13. The molecule has 0 saturated heterocycles. The van der Waals surface area contributed by atoms with E-state index < -0.39 is 10.8 Å². The summed E-state index contributed by atoms with van der Waals surface area (Å²) in [6, 6.07) is 4.50. The molecule has 7 heteroatoms. The summed E-state index contributed by atoms with van der Waals surface area (Å²) < 4.78 is 0. The summed E-state index contributed by atoms with van der Waals surface area (Å²) in [6.45, 7) is 1.65. The largest absolute Gasteiger partial charge is 0.319 e. The van der Waals surface area contributed by atoms with Crippen LogP contribution in [0.1, 0.15) is 15.9 Å². The van der Waals surface area contributed by atoms with Crippen LogP contribution in [0.4, 0.5) is 11.4 Å². The van der Waals surface area contributed by atoms with Crippen LogP contribution < -0.4 is 5.32 Å². The molecule has 2 aromatic rings. The molecule has 0 aliphatic rings. The monoisotopic (exact) mass is 246 g/mol. The molecule has 0 saturated carbocycles. The van der Waals surface area contributed by atoms with Crippen molar-refractivity contribution in [1.29, 1.82) is 0 Å². The number of nitro groups is 1. The number of H-pyrrole nitrogens is 1. The van der Waals surface area contributed by atoms with Gasteiger partial charge in [0.1, 0.15) is 5.56 Å². The number of hydrogen-bond donors (Lipinski definition) is 2. The molecule has 0 spiro atoms. The Morgan fingerprint density at radius 3 is 2.89 bits per heavy atom. The minimum absolute atomic E-state index is 0.0590. The Morgan fingerprint density at radius 2 is 2.28 bits per heavy atom. The zero-order valence-electron chi connectivity index (χ0n) is 9.51. The highest BCUT2D eigenvalue weighted by molar-refractivity contribution is 6.07. The predicted molar refractivity (Wildman–Crippen MR) is 64.4 cm³/mol. The molecular weight excluding hydrogens is 236 g/mol. The number of benzene rings is 1. The average Bonchev–Trinajstić information content (AvgIpc) is 2.81. The molecule has 0 radical (unpaired) electrons. The molecule has 2 rings (SSSR count). The Balaban J connectivity index is 2.38. The second kappa shape index (κ2) is 4.66. The summed E-state index contributed by atoms with van der Waals surface area (Å²) in [5.41, 5.74) is 0.849. The smallest absolute Gasteiger partial charge is 0.282 e. The van der Waals surface area contributed by atoms with Crippen LogP contribution >= 0.6 is 0 Å². The number of rotatable bonds is 3. The van der Waals surface area contributed by atoms with Crippen LogP contribution in [-0.2, 0) is 0 Å². The second-order valence-corrected chi connectivity index (χ2v) is 3.67. The van der Waals surface area contributed by atoms with Crippen LogP contribution in [0, 0.1) is 17.0 Å². The van der Waals surface area contributed by atoms with E-state index in [9.17, 15) is 14.9 Å². The highest BCUT2D eigenvalue weighted by atomic mass is 16.6. The summed E-state index contributed by atoms with van der Waals surface area (Å²) in [5, 5.41) is 19.6. The number of amides is 1. The number of nitrogens with zero attached hydrogens (tertiary/aromatic N) is 2. The highest BCUT2D eigenvalue weighted by Gasteiger charge is 2.22. The van der Waals surface area contributed by atoms with Crippen LogP contribution in [0.15, 0.2) is 30.6 Å². The van der Waals surface area contributed by atoms with Gasteiger partial charge in [-0.25, -0.2) is 0 Å². The lowest BCUT2D eigenvalue weighted by atomic mass is 10.1. The first-order chi connectivity index (χ1) is 8.59. The quantitative estimate of drug-likeness (QED) is 0.637. The number of carbonyl (C=O) groups excluding carboxylic acids is 1. The summed E-state index contributed by atoms with van der Waals surface area (Å²) in [6.07, 6.45) is 2.91. The van der Waals surface area contributed by atoms with Gasteiger partial charge >= 0.3 is 0 Å². The molecule has 1 aromatic carbocycles. The van der Waals surface area contributed by atoms with Crippen LogP contribution in [0.2, 0.25) is 0 Å². The van der Waals surface area contributed by atoms with Gasteiger partial charge < -0.3 is 5.32 Å². The van der Waals surface area contributed by atoms with Crippen LogP contribution in [-0.4, -0.2) is 21.0 Å². The van der Waals surface area contributed by atoms with Crippen molar-refractivity contribution in [3.8, 4) is 0 Å². The number of nitrogens with one attached hydrogen (secondary N) is 2. The van der Waals surface area contributed by atoms with E-state index in [0.29, 0.717) is 11.3 Å². The van der Waals surface area contributed by atoms with Crippen LogP contribution in [0.25, 0.3) is 0 Å². The summed E-state index contributed by atoms with van der Waals surface area (Å²) >= 11 is 0. The average molecular weight is 246 g/mol. The third kappa shape index (κ3) is 2.19. The number of carbonyl (C=O) groups is 1. The van der Waals surface area contributed by atoms with E-state index in [1.807, 2.05) is 0 Å². The van der Waals surface area contributed by atoms with Crippen molar-refractivity contribution < 1.29 is 9.72 Å². The molecule has 0 aliphatic heterocycles. The van der Waals surface area contributed by atoms with Crippen molar-refractivity contribution in [2.75, 3.05) is 5.32 Å². The second-order valence-electron chi connectivity index (χ2n) is 3.67. The van der Waals surface area contributed by atoms with Crippen molar-refractivity contribution in [3.05, 3.63) is 51.8 Å². The minimum atomic E-state index is -0.572. The lowest BCUT2D eigenvalue weighted by Gasteiger charge is -2.06. The molecule has 18 heavy (non-hydrogen) atoms. The Kier molecular flexibility index (Phi) is 3.05. The van der Waals surface area contributed by atoms with Crippen molar-refractivity contribution in [2.24, 2.45) is 0 Å². The third-order valence-corrected chi connectivity index (χ3v) is 2.43. The standard InChI is InChI=1S/C11H10N4O3/c1-7-3-2-4-9(15(17)18)10(7)11(16)14-8-5-12-13-6-8/h2-6H,1H3,(H,12,13)(H,14,16). The van der Waals surface area contributed by atoms with E-state index in [1.54, 1.807) is 19.1 Å². The number of hydrogen-bond acceptors (Lipinski definition) is 4. The van der Waals surface area contributed by atoms with Crippen LogP contribution in [0.3, 0.4) is 0 Å². The maximum absolute atomic E-state index is 12.0. The number of aromatic amines is 1. The van der Waals surface area contributed by atoms with Gasteiger partial charge in [-0.15, -0.1) is 0 Å². The van der Waals surface area contributed by atoms with Crippen molar-refractivity contribution in [2.45, 2.75) is 6.92 Å². The summed E-state index contributed by atoms with van der Waals surface area (Å²) in [4.78, 5) is 22.3. The molecule has 7 nitrogen and oxygen atoms in total. The van der Waals surface area contributed by atoms with Gasteiger partial charge in [0, 0.05) is 12.3 Å². The maximum atomic E-state index is 12.0. The molecule has 0 bridgehead atoms. The Morgan fingerprint density at radius 1 is 1.50 bits per heavy atom. The van der Waals surface area contributed by atoms with Gasteiger partial charge in [0.05, 0.1) is 16.8 Å². The molecule has 0 fully saturated rings. The van der Waals surface area contributed by atoms with Gasteiger partial charge in [0.2, 0.25) is 0 Å². The van der Waals surface area contributed by atoms with Crippen molar-refractivity contribution in [3.63, 3.8) is 0 Å². The topological polar surface area (TPSA) is 101 Å². The van der Waals surface area contributed by atoms with Gasteiger partial charge in [0.25, 0.3) is 11.6 Å². The zero-order chi connectivity index (χ0) is 13.1. The first-order valence-electron chi connectivity index (χ1n) is 5.13. The van der Waals surface area contributed by atoms with Gasteiger partial charge in [-0.3, -0.25) is 20.0 Å². The molecule has 1 amide bonds. The molecule has 2 N–H and O–H groups in total. The van der Waals surface area contributed by atoms with E-state index in [-0.39, 0.29) is 11.3 Å². The molecular formula is C11H10N4O3. The minimum Gasteiger partial charge on any atom is -0.319 e. The number of aryl methyl sites for hydroxylation is 1. The third-order valence-electron chi connectivity index (χ3n) is 2.43. The fraction of sp³-hybridized carbons (Fsp3) is 0.0909. The molecule has 92 valence electrons. The Bertz CT molecular complexity index is 592. The summed E-state index contributed by atoms with van der Waals surface area (Å²) in [7, 11) is 0. The lowest BCUT2D eigenvalue weighted by Crippen LogP contribution is -2.15. The van der Waals surface area contributed by atoms with Gasteiger partial charge in [-0.1, -0.05) is 12.1 Å². The SMILES string of the molecule is Cc1cccc([N+](=O)[O-])c1C(=O)Nc1cn[nH]c1. The van der Waals surface area contributed by atoms with Crippen LogP contribution in [0.5, 0.6) is 0 Å². The normalized spacial score (nSPS) is 10.1. The van der Waals surface area contributed by atoms with E-state index in [2.05, 4.69) is 15.5 Å². The van der Waals surface area contributed by atoms with Gasteiger partial charge in [0.15, 0.2) is 0 Å². The van der Waals surface area contributed by atoms with E-state index >= 15 is 0 Å². The fourth-order valence-electron chi connectivity index (χ4n) is 1.61. The molecule has 1 heterocycles. The van der Waals surface area contributed by atoms with Gasteiger partial charge in [-0.2, -0.15) is 5.10 Å². The fourth-order valence-corrected chi connectivity index (χ4v) is 1.61. The molecule has 1 aromatic heterocycles. The highest BCUT2D eigenvalue weighted by Crippen LogP contribution is 2.22. The summed E-state index contributed by atoms with van der Waals surface area (Å²) in [5.74, 6) is -0.527. The maximum Gasteiger partial charge on any atom is 0.282 e. The van der Waals surface area contributed by atoms with E-state index in [0.717, 1.165) is 0 Å². The lowest BCUT2D eigenvalue weighted by molar-refractivity contribution is -0.385. The van der Waals surface area contributed by atoms with E-state index in [1.165, 1.54) is 18.5 Å². The zero-order valence-corrected chi connectivity index (χ0v) is 9.51. The molecule has 0 unspecified atom stereocenters. The predicted octanol–water partition coefficient (Wildman–Crippen LogP) is 1.88. The van der Waals surface area contributed by atoms with Crippen molar-refractivity contribution >= 4 is 17.3 Å². The molecule has 0 atom stereocenters.